The third-order valence-electron chi connectivity index (χ3n) is 2.02. The Morgan fingerprint density at radius 2 is 1.60 bits per heavy atom. The van der Waals surface area contributed by atoms with Crippen molar-refractivity contribution < 1.29 is 4.79 Å². The molecule has 0 radical (unpaired) electrons. The zero-order chi connectivity index (χ0) is 11.7. The van der Waals surface area contributed by atoms with Crippen LogP contribution < -0.4 is 5.73 Å². The van der Waals surface area contributed by atoms with E-state index >= 15 is 0 Å². The molecule has 1 aromatic carbocycles. The average Bonchev–Trinajstić information content (AvgIpc) is 2.30. The Kier molecular flexibility index (Phi) is 7.56. The highest BCUT2D eigenvalue weighted by molar-refractivity contribution is 5.75. The van der Waals surface area contributed by atoms with Crippen LogP contribution >= 0.6 is 0 Å². The summed E-state index contributed by atoms with van der Waals surface area (Å²) in [6.07, 6.45) is 1.46. The Labute approximate surface area is 92.5 Å². The number of hydrogen-bond donors (Lipinski definition) is 1. The maximum Gasteiger partial charge on any atom is 0.130 e. The van der Waals surface area contributed by atoms with Gasteiger partial charge in [-0.2, -0.15) is 0 Å². The van der Waals surface area contributed by atoms with Gasteiger partial charge in [0, 0.05) is 13.0 Å². The van der Waals surface area contributed by atoms with Gasteiger partial charge in [-0.15, -0.1) is 0 Å². The second kappa shape index (κ2) is 8.18. The van der Waals surface area contributed by atoms with E-state index in [1.807, 2.05) is 38.1 Å². The molecule has 15 heavy (non-hydrogen) atoms. The van der Waals surface area contributed by atoms with Crippen LogP contribution in [-0.4, -0.2) is 5.78 Å². The first-order chi connectivity index (χ1) is 7.22. The number of rotatable bonds is 4. The second-order valence-electron chi connectivity index (χ2n) is 3.22. The summed E-state index contributed by atoms with van der Waals surface area (Å²) < 4.78 is 0. The monoisotopic (exact) mass is 207 g/mol. The zero-order valence-corrected chi connectivity index (χ0v) is 9.92. The van der Waals surface area contributed by atoms with Crippen LogP contribution in [0, 0.1) is 0 Å². The predicted molar refractivity (Wildman–Crippen MR) is 64.7 cm³/mol. The van der Waals surface area contributed by atoms with E-state index in [9.17, 15) is 4.79 Å². The molecular weight excluding hydrogens is 186 g/mol. The van der Waals surface area contributed by atoms with Gasteiger partial charge in [-0.1, -0.05) is 38.1 Å². The van der Waals surface area contributed by atoms with Gasteiger partial charge in [0.05, 0.1) is 0 Å². The van der Waals surface area contributed by atoms with E-state index in [0.29, 0.717) is 13.0 Å². The van der Waals surface area contributed by atoms with E-state index in [4.69, 9.17) is 5.73 Å². The fourth-order valence-corrected chi connectivity index (χ4v) is 1.16. The van der Waals surface area contributed by atoms with Gasteiger partial charge >= 0.3 is 0 Å². The Bertz CT molecular complexity index is 277. The smallest absolute Gasteiger partial charge is 0.130 e. The van der Waals surface area contributed by atoms with Crippen molar-refractivity contribution in [3.8, 4) is 0 Å². The van der Waals surface area contributed by atoms with Crippen molar-refractivity contribution in [2.24, 2.45) is 5.73 Å². The summed E-state index contributed by atoms with van der Waals surface area (Å²) in [4.78, 5) is 10.7. The quantitative estimate of drug-likeness (QED) is 0.825. The number of aryl methyl sites for hydroxylation is 1. The molecule has 0 aliphatic rings. The lowest BCUT2D eigenvalue weighted by Gasteiger charge is -2.00. The Hall–Kier alpha value is -1.15. The molecule has 2 heteroatoms. The minimum Gasteiger partial charge on any atom is -0.326 e. The highest BCUT2D eigenvalue weighted by Gasteiger charge is 1.96. The average molecular weight is 207 g/mol. The topological polar surface area (TPSA) is 43.1 Å². The second-order valence-corrected chi connectivity index (χ2v) is 3.22. The molecule has 0 unspecified atom stereocenters. The van der Waals surface area contributed by atoms with Gasteiger partial charge in [-0.05, 0) is 24.5 Å². The summed E-state index contributed by atoms with van der Waals surface area (Å²) in [5.41, 5.74) is 7.80. The van der Waals surface area contributed by atoms with E-state index in [0.717, 1.165) is 12.0 Å². The number of benzene rings is 1. The normalized spacial score (nSPS) is 9.07. The van der Waals surface area contributed by atoms with Crippen LogP contribution in [0.2, 0.25) is 0 Å². The summed E-state index contributed by atoms with van der Waals surface area (Å²) in [5, 5.41) is 0. The van der Waals surface area contributed by atoms with Crippen molar-refractivity contribution in [2.45, 2.75) is 40.2 Å². The first kappa shape index (κ1) is 13.8. The minimum absolute atomic E-state index is 0.239. The largest absolute Gasteiger partial charge is 0.326 e. The lowest BCUT2D eigenvalue weighted by molar-refractivity contribution is -0.116. The first-order valence-electron chi connectivity index (χ1n) is 5.49. The van der Waals surface area contributed by atoms with E-state index in [2.05, 4.69) is 0 Å². The van der Waals surface area contributed by atoms with Crippen LogP contribution in [0.5, 0.6) is 0 Å². The SMILES string of the molecule is CC.CC(=O)CCc1ccc(CN)cc1. The molecule has 0 saturated carbocycles. The molecule has 1 aromatic rings. The molecule has 1 rings (SSSR count). The van der Waals surface area contributed by atoms with E-state index in [-0.39, 0.29) is 5.78 Å². The van der Waals surface area contributed by atoms with Crippen LogP contribution in [0.1, 0.15) is 38.3 Å². The lowest BCUT2D eigenvalue weighted by atomic mass is 10.1. The standard InChI is InChI=1S/C11H15NO.C2H6/c1-9(13)2-3-10-4-6-11(8-12)7-5-10;1-2/h4-7H,2-3,8,12H2,1H3;1-2H3. The van der Waals surface area contributed by atoms with Gasteiger partial charge in [-0.25, -0.2) is 0 Å². The van der Waals surface area contributed by atoms with Crippen LogP contribution in [0.3, 0.4) is 0 Å². The molecule has 0 aliphatic carbocycles. The molecule has 2 N–H and O–H groups in total. The Morgan fingerprint density at radius 1 is 1.13 bits per heavy atom. The summed E-state index contributed by atoms with van der Waals surface area (Å²) in [6, 6.07) is 8.08. The van der Waals surface area contributed by atoms with Gasteiger partial charge in [-0.3, -0.25) is 0 Å². The predicted octanol–water partition coefficient (Wildman–Crippen LogP) is 2.69. The van der Waals surface area contributed by atoms with Gasteiger partial charge in [0.1, 0.15) is 5.78 Å². The van der Waals surface area contributed by atoms with Crippen molar-refractivity contribution in [1.29, 1.82) is 0 Å². The van der Waals surface area contributed by atoms with E-state index < -0.39 is 0 Å². The van der Waals surface area contributed by atoms with Crippen LogP contribution in [0.15, 0.2) is 24.3 Å². The highest BCUT2D eigenvalue weighted by Crippen LogP contribution is 2.06. The van der Waals surface area contributed by atoms with Gasteiger partial charge in [0.15, 0.2) is 0 Å². The summed E-state index contributed by atoms with van der Waals surface area (Å²) in [7, 11) is 0. The number of ketones is 1. The van der Waals surface area contributed by atoms with Crippen molar-refractivity contribution in [1.82, 2.24) is 0 Å². The molecule has 0 saturated heterocycles. The number of carbonyl (C=O) groups is 1. The van der Waals surface area contributed by atoms with Gasteiger partial charge < -0.3 is 10.5 Å². The zero-order valence-electron chi connectivity index (χ0n) is 9.92. The molecule has 0 atom stereocenters. The molecule has 0 fully saturated rings. The first-order valence-corrected chi connectivity index (χ1v) is 5.49. The number of nitrogens with two attached hydrogens (primary N) is 1. The fourth-order valence-electron chi connectivity index (χ4n) is 1.16. The number of Topliss-reactive ketones (excluding diaryl/α,β-unsaturated/α-hetero) is 1. The number of carbonyl (C=O) groups excluding carboxylic acids is 1. The minimum atomic E-state index is 0.239. The molecule has 0 heterocycles. The lowest BCUT2D eigenvalue weighted by Crippen LogP contribution is -1.97. The molecule has 0 bridgehead atoms. The fraction of sp³-hybridized carbons (Fsp3) is 0.462. The summed E-state index contributed by atoms with van der Waals surface area (Å²) in [5.74, 6) is 0.239. The van der Waals surface area contributed by atoms with Crippen molar-refractivity contribution in [3.05, 3.63) is 35.4 Å². The summed E-state index contributed by atoms with van der Waals surface area (Å²) >= 11 is 0. The molecule has 0 aromatic heterocycles. The molecule has 2 nitrogen and oxygen atoms in total. The van der Waals surface area contributed by atoms with Crippen LogP contribution in [0.25, 0.3) is 0 Å². The number of hydrogen-bond acceptors (Lipinski definition) is 2. The molecule has 84 valence electrons. The van der Waals surface area contributed by atoms with Crippen molar-refractivity contribution in [2.75, 3.05) is 0 Å². The van der Waals surface area contributed by atoms with E-state index in [1.165, 1.54) is 5.56 Å². The maximum atomic E-state index is 10.7. The van der Waals surface area contributed by atoms with Gasteiger partial charge in [0.2, 0.25) is 0 Å². The Balaban J connectivity index is 0.000000921. The molecule has 0 amide bonds. The molecular formula is C13H21NO. The van der Waals surface area contributed by atoms with Gasteiger partial charge in [0.25, 0.3) is 0 Å². The van der Waals surface area contributed by atoms with Crippen molar-refractivity contribution >= 4 is 5.78 Å². The van der Waals surface area contributed by atoms with E-state index in [1.54, 1.807) is 6.92 Å². The summed E-state index contributed by atoms with van der Waals surface area (Å²) in [6.45, 7) is 6.20. The maximum absolute atomic E-state index is 10.7. The molecule has 0 aliphatic heterocycles. The molecule has 0 spiro atoms. The third kappa shape index (κ3) is 6.02. The van der Waals surface area contributed by atoms with Crippen LogP contribution in [-0.2, 0) is 17.8 Å². The van der Waals surface area contributed by atoms with Crippen LogP contribution in [0.4, 0.5) is 0 Å². The highest BCUT2D eigenvalue weighted by atomic mass is 16.1. The third-order valence-corrected chi connectivity index (χ3v) is 2.02. The van der Waals surface area contributed by atoms with Crippen molar-refractivity contribution in [3.63, 3.8) is 0 Å². The Morgan fingerprint density at radius 3 is 2.00 bits per heavy atom.